The quantitative estimate of drug-likeness (QED) is 0.880. The van der Waals surface area contributed by atoms with Crippen molar-refractivity contribution >= 4 is 15.7 Å². The highest BCUT2D eigenvalue weighted by Crippen LogP contribution is 2.12. The second-order valence-electron chi connectivity index (χ2n) is 5.25. The van der Waals surface area contributed by atoms with Crippen LogP contribution in [0.25, 0.3) is 0 Å². The van der Waals surface area contributed by atoms with Crippen LogP contribution in [-0.4, -0.2) is 63.1 Å². The van der Waals surface area contributed by atoms with Gasteiger partial charge < -0.3 is 5.32 Å². The third-order valence-corrected chi connectivity index (χ3v) is 4.99. The molecule has 2 rings (SSSR count). The van der Waals surface area contributed by atoms with Crippen molar-refractivity contribution in [2.24, 2.45) is 0 Å². The average Bonchev–Trinajstić information content (AvgIpc) is 2.40. The molecule has 0 radical (unpaired) electrons. The lowest BCUT2D eigenvalue weighted by Gasteiger charge is -2.33. The maximum absolute atomic E-state index is 11.4. The van der Waals surface area contributed by atoms with Crippen molar-refractivity contribution in [3.63, 3.8) is 0 Å². The first-order valence-electron chi connectivity index (χ1n) is 6.94. The molecule has 20 heavy (non-hydrogen) atoms. The average molecular weight is 297 g/mol. The molecule has 1 aliphatic heterocycles. The van der Waals surface area contributed by atoms with E-state index in [1.165, 1.54) is 17.5 Å². The minimum atomic E-state index is -3.03. The Morgan fingerprint density at radius 2 is 1.80 bits per heavy atom. The molecule has 1 aromatic carbocycles. The van der Waals surface area contributed by atoms with Crippen LogP contribution in [0.3, 0.4) is 0 Å². The van der Waals surface area contributed by atoms with E-state index in [9.17, 15) is 8.42 Å². The molecule has 6 heteroatoms. The van der Waals surface area contributed by atoms with Crippen molar-refractivity contribution in [3.05, 3.63) is 29.8 Å². The normalized spacial score (nSPS) is 18.1. The number of piperazine rings is 1. The van der Waals surface area contributed by atoms with Gasteiger partial charge >= 0.3 is 0 Å². The maximum Gasteiger partial charge on any atom is 0.211 e. The van der Waals surface area contributed by atoms with Gasteiger partial charge in [-0.05, 0) is 18.6 Å². The molecule has 0 atom stereocenters. The SMILES string of the molecule is Cc1ccccc1NCCN1CCN(S(C)(=O)=O)CC1. The number of nitrogens with one attached hydrogen (secondary N) is 1. The summed E-state index contributed by atoms with van der Waals surface area (Å²) in [5.74, 6) is 0. The smallest absolute Gasteiger partial charge is 0.211 e. The molecule has 1 aliphatic rings. The van der Waals surface area contributed by atoms with Gasteiger partial charge in [0, 0.05) is 45.0 Å². The Bertz CT molecular complexity index is 537. The number of sulfonamides is 1. The van der Waals surface area contributed by atoms with E-state index < -0.39 is 10.0 Å². The lowest BCUT2D eigenvalue weighted by Crippen LogP contribution is -2.49. The van der Waals surface area contributed by atoms with Crippen molar-refractivity contribution in [1.82, 2.24) is 9.21 Å². The van der Waals surface area contributed by atoms with Gasteiger partial charge in [-0.1, -0.05) is 18.2 Å². The van der Waals surface area contributed by atoms with Crippen LogP contribution in [0.4, 0.5) is 5.69 Å². The van der Waals surface area contributed by atoms with Crippen LogP contribution in [0.1, 0.15) is 5.56 Å². The Labute approximate surface area is 121 Å². The van der Waals surface area contributed by atoms with Gasteiger partial charge in [-0.2, -0.15) is 4.31 Å². The molecular formula is C14H23N3O2S. The minimum absolute atomic E-state index is 0.600. The first kappa shape index (κ1) is 15.3. The molecule has 112 valence electrons. The van der Waals surface area contributed by atoms with Crippen LogP contribution in [0.15, 0.2) is 24.3 Å². The largest absolute Gasteiger partial charge is 0.384 e. The zero-order chi connectivity index (χ0) is 14.6. The van der Waals surface area contributed by atoms with E-state index in [1.54, 1.807) is 4.31 Å². The predicted octanol–water partition coefficient (Wildman–Crippen LogP) is 0.984. The molecule has 0 amide bonds. The molecule has 5 nitrogen and oxygen atoms in total. The molecule has 1 aromatic rings. The van der Waals surface area contributed by atoms with Crippen LogP contribution >= 0.6 is 0 Å². The van der Waals surface area contributed by atoms with E-state index in [2.05, 4.69) is 29.3 Å². The number of nitrogens with zero attached hydrogens (tertiary/aromatic N) is 2. The van der Waals surface area contributed by atoms with Gasteiger partial charge in [0.05, 0.1) is 6.26 Å². The molecular weight excluding hydrogens is 274 g/mol. The van der Waals surface area contributed by atoms with E-state index in [1.807, 2.05) is 12.1 Å². The molecule has 1 N–H and O–H groups in total. The summed E-state index contributed by atoms with van der Waals surface area (Å²) in [6.07, 6.45) is 1.28. The van der Waals surface area contributed by atoms with Crippen molar-refractivity contribution in [3.8, 4) is 0 Å². The third-order valence-electron chi connectivity index (χ3n) is 3.69. The molecule has 0 aliphatic carbocycles. The lowest BCUT2D eigenvalue weighted by molar-refractivity contribution is 0.195. The lowest BCUT2D eigenvalue weighted by atomic mass is 10.2. The fourth-order valence-corrected chi connectivity index (χ4v) is 3.23. The highest BCUT2D eigenvalue weighted by molar-refractivity contribution is 7.88. The van der Waals surface area contributed by atoms with E-state index in [-0.39, 0.29) is 0 Å². The van der Waals surface area contributed by atoms with Crippen LogP contribution in [0, 0.1) is 6.92 Å². The van der Waals surface area contributed by atoms with Crippen molar-refractivity contribution < 1.29 is 8.42 Å². The summed E-state index contributed by atoms with van der Waals surface area (Å²) in [5.41, 5.74) is 2.41. The zero-order valence-corrected chi connectivity index (χ0v) is 13.0. The summed E-state index contributed by atoms with van der Waals surface area (Å²) in [6, 6.07) is 8.23. The Morgan fingerprint density at radius 1 is 1.15 bits per heavy atom. The number of rotatable bonds is 5. The second-order valence-corrected chi connectivity index (χ2v) is 7.23. The summed E-state index contributed by atoms with van der Waals surface area (Å²) >= 11 is 0. The van der Waals surface area contributed by atoms with Crippen LogP contribution in [0.5, 0.6) is 0 Å². The van der Waals surface area contributed by atoms with Crippen molar-refractivity contribution in [1.29, 1.82) is 0 Å². The summed E-state index contributed by atoms with van der Waals surface area (Å²) in [7, 11) is -3.03. The summed E-state index contributed by atoms with van der Waals surface area (Å²) in [6.45, 7) is 6.72. The predicted molar refractivity (Wildman–Crippen MR) is 82.5 cm³/mol. The van der Waals surface area contributed by atoms with Crippen molar-refractivity contribution in [2.45, 2.75) is 6.92 Å². The number of hydrogen-bond acceptors (Lipinski definition) is 4. The van der Waals surface area contributed by atoms with E-state index in [0.29, 0.717) is 13.1 Å². The Hall–Kier alpha value is -1.11. The van der Waals surface area contributed by atoms with Gasteiger partial charge in [0.25, 0.3) is 0 Å². The van der Waals surface area contributed by atoms with Crippen LogP contribution < -0.4 is 5.32 Å². The van der Waals surface area contributed by atoms with Crippen LogP contribution in [-0.2, 0) is 10.0 Å². The van der Waals surface area contributed by atoms with E-state index >= 15 is 0 Å². The standard InChI is InChI=1S/C14H23N3O2S/c1-13-5-3-4-6-14(13)15-7-8-16-9-11-17(12-10-16)20(2,18)19/h3-6,15H,7-12H2,1-2H3. The van der Waals surface area contributed by atoms with Gasteiger partial charge in [0.2, 0.25) is 10.0 Å². The first-order valence-corrected chi connectivity index (χ1v) is 8.78. The van der Waals surface area contributed by atoms with Gasteiger partial charge in [-0.25, -0.2) is 8.42 Å². The highest BCUT2D eigenvalue weighted by atomic mass is 32.2. The third kappa shape index (κ3) is 4.19. The topological polar surface area (TPSA) is 52.6 Å². The minimum Gasteiger partial charge on any atom is -0.384 e. The molecule has 0 unspecified atom stereocenters. The number of hydrogen-bond donors (Lipinski definition) is 1. The summed E-state index contributed by atoms with van der Waals surface area (Å²) in [5, 5.41) is 3.43. The molecule has 0 aromatic heterocycles. The molecule has 1 saturated heterocycles. The number of para-hydroxylation sites is 1. The Kier molecular flexibility index (Phi) is 5.01. The van der Waals surface area contributed by atoms with Gasteiger partial charge in [-0.3, -0.25) is 4.90 Å². The van der Waals surface area contributed by atoms with E-state index in [4.69, 9.17) is 0 Å². The van der Waals surface area contributed by atoms with E-state index in [0.717, 1.165) is 26.2 Å². The monoisotopic (exact) mass is 297 g/mol. The summed E-state index contributed by atoms with van der Waals surface area (Å²) in [4.78, 5) is 2.30. The Morgan fingerprint density at radius 3 is 2.40 bits per heavy atom. The fraction of sp³-hybridized carbons (Fsp3) is 0.571. The first-order chi connectivity index (χ1) is 9.47. The number of anilines is 1. The van der Waals surface area contributed by atoms with Gasteiger partial charge in [0.1, 0.15) is 0 Å². The van der Waals surface area contributed by atoms with Gasteiger partial charge in [0.15, 0.2) is 0 Å². The molecule has 0 saturated carbocycles. The maximum atomic E-state index is 11.4. The molecule has 0 spiro atoms. The molecule has 1 heterocycles. The molecule has 1 fully saturated rings. The summed E-state index contributed by atoms with van der Waals surface area (Å²) < 4.78 is 24.4. The second kappa shape index (κ2) is 6.56. The number of aryl methyl sites for hydroxylation is 1. The van der Waals surface area contributed by atoms with Gasteiger partial charge in [-0.15, -0.1) is 0 Å². The van der Waals surface area contributed by atoms with Crippen LogP contribution in [0.2, 0.25) is 0 Å². The molecule has 0 bridgehead atoms. The Balaban J connectivity index is 1.73. The number of benzene rings is 1. The zero-order valence-electron chi connectivity index (χ0n) is 12.2. The fourth-order valence-electron chi connectivity index (χ4n) is 2.40. The van der Waals surface area contributed by atoms with Crippen molar-refractivity contribution in [2.75, 3.05) is 50.8 Å². The highest BCUT2D eigenvalue weighted by Gasteiger charge is 2.22.